The van der Waals surface area contributed by atoms with Gasteiger partial charge in [-0.15, -0.1) is 0 Å². The van der Waals surface area contributed by atoms with Crippen molar-refractivity contribution >= 4 is 27.5 Å². The van der Waals surface area contributed by atoms with Gasteiger partial charge in [-0.05, 0) is 63.6 Å². The van der Waals surface area contributed by atoms with Crippen LogP contribution in [-0.4, -0.2) is 33.1 Å². The molecule has 1 amide bonds. The van der Waals surface area contributed by atoms with E-state index in [0.29, 0.717) is 24.7 Å². The van der Waals surface area contributed by atoms with E-state index in [1.807, 2.05) is 25.1 Å². The van der Waals surface area contributed by atoms with Crippen molar-refractivity contribution < 1.29 is 22.7 Å². The van der Waals surface area contributed by atoms with Crippen LogP contribution in [0.3, 0.4) is 0 Å². The van der Waals surface area contributed by atoms with Crippen LogP contribution in [0.25, 0.3) is 0 Å². The van der Waals surface area contributed by atoms with E-state index in [1.165, 1.54) is 18.2 Å². The fraction of sp³-hybridized carbons (Fsp3) is 0.409. The van der Waals surface area contributed by atoms with Crippen molar-refractivity contribution in [3.05, 3.63) is 52.5 Å². The van der Waals surface area contributed by atoms with Gasteiger partial charge in [0.2, 0.25) is 10.0 Å². The van der Waals surface area contributed by atoms with E-state index < -0.39 is 21.5 Å². The van der Waals surface area contributed by atoms with Crippen LogP contribution >= 0.6 is 11.6 Å². The number of carbonyl (C=O) groups is 1. The number of halogens is 1. The van der Waals surface area contributed by atoms with Gasteiger partial charge in [0.1, 0.15) is 4.90 Å². The van der Waals surface area contributed by atoms with Crippen LogP contribution in [-0.2, 0) is 10.0 Å². The largest absolute Gasteiger partial charge is 0.490 e. The van der Waals surface area contributed by atoms with Gasteiger partial charge in [-0.3, -0.25) is 4.79 Å². The molecule has 0 radical (unpaired) electrons. The highest BCUT2D eigenvalue weighted by atomic mass is 35.5. The first kappa shape index (κ1) is 23.4. The minimum atomic E-state index is -3.89. The molecule has 2 aromatic carbocycles. The third kappa shape index (κ3) is 5.90. The summed E-state index contributed by atoms with van der Waals surface area (Å²) in [5.41, 5.74) is 0.347. The summed E-state index contributed by atoms with van der Waals surface area (Å²) >= 11 is 6.12. The number of rotatable bonds is 5. The van der Waals surface area contributed by atoms with Crippen molar-refractivity contribution in [1.82, 2.24) is 10.0 Å². The van der Waals surface area contributed by atoms with E-state index in [0.717, 1.165) is 12.0 Å². The molecule has 0 spiro atoms. The molecule has 0 bridgehead atoms. The first-order chi connectivity index (χ1) is 14.5. The SMILES string of the molecule is CC(NC(=O)c1ccc(Cl)c(S(=O)(=O)NC(C)(C)C)c1)c1ccc2c(c1)OCCCO2. The van der Waals surface area contributed by atoms with Gasteiger partial charge in [0.25, 0.3) is 5.91 Å². The van der Waals surface area contributed by atoms with Crippen molar-refractivity contribution in [3.63, 3.8) is 0 Å². The van der Waals surface area contributed by atoms with Crippen LogP contribution < -0.4 is 19.5 Å². The molecule has 2 aromatic rings. The van der Waals surface area contributed by atoms with E-state index in [1.54, 1.807) is 20.8 Å². The zero-order valence-electron chi connectivity index (χ0n) is 18.0. The molecule has 1 aliphatic rings. The summed E-state index contributed by atoms with van der Waals surface area (Å²) in [5, 5.41) is 2.93. The van der Waals surface area contributed by atoms with Crippen molar-refractivity contribution in [2.24, 2.45) is 0 Å². The predicted octanol–water partition coefficient (Wildman–Crippen LogP) is 4.07. The minimum absolute atomic E-state index is 0.0456. The van der Waals surface area contributed by atoms with Crippen LogP contribution in [0.1, 0.15) is 56.1 Å². The van der Waals surface area contributed by atoms with Crippen molar-refractivity contribution in [1.29, 1.82) is 0 Å². The van der Waals surface area contributed by atoms with Crippen LogP contribution in [0.4, 0.5) is 0 Å². The molecule has 1 aliphatic heterocycles. The maximum atomic E-state index is 12.8. The zero-order valence-corrected chi connectivity index (χ0v) is 19.6. The molecule has 7 nitrogen and oxygen atoms in total. The molecule has 0 saturated heterocycles. The Bertz CT molecular complexity index is 1080. The molecule has 2 N–H and O–H groups in total. The van der Waals surface area contributed by atoms with Gasteiger partial charge in [-0.1, -0.05) is 17.7 Å². The normalized spacial score (nSPS) is 15.1. The summed E-state index contributed by atoms with van der Waals surface area (Å²) in [6, 6.07) is 9.38. The Morgan fingerprint density at radius 2 is 1.74 bits per heavy atom. The number of hydrogen-bond donors (Lipinski definition) is 2. The van der Waals surface area contributed by atoms with Crippen molar-refractivity contribution in [3.8, 4) is 11.5 Å². The molecule has 1 atom stereocenters. The molecule has 31 heavy (non-hydrogen) atoms. The van der Waals surface area contributed by atoms with Crippen LogP contribution in [0.2, 0.25) is 5.02 Å². The van der Waals surface area contributed by atoms with E-state index in [2.05, 4.69) is 10.0 Å². The molecular weight excluding hydrogens is 440 g/mol. The second-order valence-electron chi connectivity index (χ2n) is 8.45. The molecule has 1 heterocycles. The third-order valence-corrected chi connectivity index (χ3v) is 6.78. The van der Waals surface area contributed by atoms with Crippen molar-refractivity contribution in [2.45, 2.75) is 50.6 Å². The quantitative estimate of drug-likeness (QED) is 0.692. The molecular formula is C22H27ClN2O5S. The highest BCUT2D eigenvalue weighted by Gasteiger charge is 2.25. The Hall–Kier alpha value is -2.29. The number of benzene rings is 2. The zero-order chi connectivity index (χ0) is 22.8. The Morgan fingerprint density at radius 1 is 1.06 bits per heavy atom. The van der Waals surface area contributed by atoms with Crippen LogP contribution in [0.5, 0.6) is 11.5 Å². The van der Waals surface area contributed by atoms with Crippen molar-refractivity contribution in [2.75, 3.05) is 13.2 Å². The van der Waals surface area contributed by atoms with Gasteiger partial charge in [0.05, 0.1) is 24.3 Å². The maximum absolute atomic E-state index is 12.8. The average Bonchev–Trinajstić information content (AvgIpc) is 2.90. The first-order valence-corrected chi connectivity index (χ1v) is 11.9. The Balaban J connectivity index is 1.80. The molecule has 168 valence electrons. The summed E-state index contributed by atoms with van der Waals surface area (Å²) in [4.78, 5) is 12.7. The number of amides is 1. The number of carbonyl (C=O) groups excluding carboxylic acids is 1. The molecule has 0 aliphatic carbocycles. The monoisotopic (exact) mass is 466 g/mol. The molecule has 0 saturated carbocycles. The molecule has 9 heteroatoms. The van der Waals surface area contributed by atoms with Gasteiger partial charge in [-0.25, -0.2) is 13.1 Å². The van der Waals surface area contributed by atoms with Crippen LogP contribution in [0, 0.1) is 0 Å². The fourth-order valence-corrected chi connectivity index (χ4v) is 5.07. The van der Waals surface area contributed by atoms with Gasteiger partial charge < -0.3 is 14.8 Å². The van der Waals surface area contributed by atoms with E-state index in [-0.39, 0.29) is 21.5 Å². The Morgan fingerprint density at radius 3 is 2.42 bits per heavy atom. The smallest absolute Gasteiger partial charge is 0.251 e. The molecule has 0 aromatic heterocycles. The Labute approximate surface area is 188 Å². The average molecular weight is 467 g/mol. The lowest BCUT2D eigenvalue weighted by molar-refractivity contribution is 0.0939. The van der Waals surface area contributed by atoms with Gasteiger partial charge in [0.15, 0.2) is 11.5 Å². The Kier molecular flexibility index (Phi) is 6.83. The summed E-state index contributed by atoms with van der Waals surface area (Å²) in [5.74, 6) is 0.909. The highest BCUT2D eigenvalue weighted by molar-refractivity contribution is 7.89. The molecule has 3 rings (SSSR count). The number of sulfonamides is 1. The summed E-state index contributed by atoms with van der Waals surface area (Å²) < 4.78 is 39.3. The second-order valence-corrected chi connectivity index (χ2v) is 10.5. The topological polar surface area (TPSA) is 93.7 Å². The molecule has 0 fully saturated rings. The number of hydrogen-bond acceptors (Lipinski definition) is 5. The van der Waals surface area contributed by atoms with E-state index >= 15 is 0 Å². The lowest BCUT2D eigenvalue weighted by Gasteiger charge is -2.21. The maximum Gasteiger partial charge on any atom is 0.251 e. The second kappa shape index (κ2) is 9.06. The first-order valence-electron chi connectivity index (χ1n) is 10.0. The van der Waals surface area contributed by atoms with Gasteiger partial charge in [0, 0.05) is 17.5 Å². The standard InChI is InChI=1S/C22H27ClN2O5S/c1-14(15-7-9-18-19(12-15)30-11-5-10-29-18)24-21(26)16-6-8-17(23)20(13-16)31(27,28)25-22(2,3)4/h6-9,12-14,25H,5,10-11H2,1-4H3,(H,24,26). The summed E-state index contributed by atoms with van der Waals surface area (Å²) in [6.07, 6.45) is 0.808. The highest BCUT2D eigenvalue weighted by Crippen LogP contribution is 2.32. The van der Waals surface area contributed by atoms with E-state index in [9.17, 15) is 13.2 Å². The summed E-state index contributed by atoms with van der Waals surface area (Å²) in [7, 11) is -3.89. The number of nitrogens with one attached hydrogen (secondary N) is 2. The lowest BCUT2D eigenvalue weighted by Crippen LogP contribution is -2.40. The predicted molar refractivity (Wildman–Crippen MR) is 119 cm³/mol. The lowest BCUT2D eigenvalue weighted by atomic mass is 10.1. The number of fused-ring (bicyclic) bond motifs is 1. The summed E-state index contributed by atoms with van der Waals surface area (Å²) in [6.45, 7) is 8.20. The third-order valence-electron chi connectivity index (χ3n) is 4.54. The minimum Gasteiger partial charge on any atom is -0.490 e. The molecule has 1 unspecified atom stereocenters. The van der Waals surface area contributed by atoms with E-state index in [4.69, 9.17) is 21.1 Å². The van der Waals surface area contributed by atoms with Gasteiger partial charge >= 0.3 is 0 Å². The van der Waals surface area contributed by atoms with Crippen LogP contribution in [0.15, 0.2) is 41.3 Å². The fourth-order valence-electron chi connectivity index (χ4n) is 3.12. The number of ether oxygens (including phenoxy) is 2. The van der Waals surface area contributed by atoms with Gasteiger partial charge in [-0.2, -0.15) is 0 Å².